The smallest absolute Gasteiger partial charge is 0.231 e. The maximum Gasteiger partial charge on any atom is 0.231 e. The number of ether oxygens (including phenoxy) is 6. The quantitative estimate of drug-likeness (QED) is 0.628. The van der Waals surface area contributed by atoms with E-state index in [1.54, 1.807) is 21.3 Å². The Hall–Kier alpha value is -2.80. The Morgan fingerprint density at radius 2 is 1.64 bits per heavy atom. The molecule has 4 unspecified atom stereocenters. The molecule has 2 aromatic rings. The number of likely N-dealkylation sites (tertiary alicyclic amines) is 1. The summed E-state index contributed by atoms with van der Waals surface area (Å²) in [5.41, 5.74) is 2.21. The molecular weight excluding hydrogens is 422 g/mol. The predicted molar refractivity (Wildman–Crippen MR) is 124 cm³/mol. The van der Waals surface area contributed by atoms with Gasteiger partial charge in [-0.2, -0.15) is 0 Å². The number of hydrogen-bond acceptors (Lipinski definition) is 7. The second kappa shape index (κ2) is 8.86. The molecule has 0 saturated carbocycles. The normalized spacial score (nSPS) is 26.0. The molecule has 7 heteroatoms. The first-order chi connectivity index (χ1) is 16.1. The van der Waals surface area contributed by atoms with Crippen LogP contribution in [0.5, 0.6) is 34.5 Å². The summed E-state index contributed by atoms with van der Waals surface area (Å²) in [7, 11) is 4.94. The van der Waals surface area contributed by atoms with Gasteiger partial charge in [0.2, 0.25) is 12.5 Å². The van der Waals surface area contributed by atoms with Crippen molar-refractivity contribution < 1.29 is 28.4 Å². The Morgan fingerprint density at radius 1 is 0.939 bits per heavy atom. The molecule has 33 heavy (non-hydrogen) atoms. The Morgan fingerprint density at radius 3 is 2.21 bits per heavy atom. The van der Waals surface area contributed by atoms with Gasteiger partial charge in [0.15, 0.2) is 29.2 Å². The van der Waals surface area contributed by atoms with Crippen LogP contribution in [0.2, 0.25) is 0 Å². The molecule has 0 amide bonds. The largest absolute Gasteiger partial charge is 0.493 e. The van der Waals surface area contributed by atoms with E-state index in [9.17, 15) is 0 Å². The first-order valence-electron chi connectivity index (χ1n) is 11.7. The van der Waals surface area contributed by atoms with E-state index in [4.69, 9.17) is 28.4 Å². The zero-order chi connectivity index (χ0) is 23.1. The Labute approximate surface area is 195 Å². The molecule has 0 aliphatic carbocycles. The first-order valence-corrected chi connectivity index (χ1v) is 11.7. The molecule has 0 radical (unpaired) electrons. The highest BCUT2D eigenvalue weighted by molar-refractivity contribution is 5.60. The van der Waals surface area contributed by atoms with Crippen molar-refractivity contribution in [2.24, 2.45) is 11.8 Å². The van der Waals surface area contributed by atoms with E-state index < -0.39 is 0 Å². The molecule has 1 saturated heterocycles. The van der Waals surface area contributed by atoms with Crippen LogP contribution in [0.3, 0.4) is 0 Å². The molecule has 4 atom stereocenters. The molecular formula is C26H33NO6. The molecule has 3 heterocycles. The van der Waals surface area contributed by atoms with Crippen LogP contribution in [-0.4, -0.2) is 52.3 Å². The molecule has 5 rings (SSSR count). The summed E-state index contributed by atoms with van der Waals surface area (Å²) >= 11 is 0. The van der Waals surface area contributed by atoms with Gasteiger partial charge in [0.1, 0.15) is 5.75 Å². The van der Waals surface area contributed by atoms with E-state index in [1.807, 2.05) is 6.07 Å². The van der Waals surface area contributed by atoms with Gasteiger partial charge in [-0.05, 0) is 42.5 Å². The summed E-state index contributed by atoms with van der Waals surface area (Å²) in [6.45, 7) is 6.88. The van der Waals surface area contributed by atoms with Crippen molar-refractivity contribution >= 4 is 0 Å². The molecule has 0 spiro atoms. The molecule has 3 aliphatic rings. The summed E-state index contributed by atoms with van der Waals surface area (Å²) in [5, 5.41) is 0. The second-order valence-corrected chi connectivity index (χ2v) is 9.15. The average molecular weight is 456 g/mol. The van der Waals surface area contributed by atoms with E-state index in [0.29, 0.717) is 23.2 Å². The number of benzene rings is 2. The standard InChI is InChI=1S/C26H33NO6/c1-6-17-24(16-9-22(28-3)25(30-5)23(10-16)29-4)18-11-20-21(32-14-31-20)12-19(18)33-26(17)27-8-7-15(2)13-27/h9-12,15,17,24,26H,6-8,13-14H2,1-5H3. The van der Waals surface area contributed by atoms with E-state index in [-0.39, 0.29) is 24.9 Å². The van der Waals surface area contributed by atoms with Gasteiger partial charge in [-0.25, -0.2) is 0 Å². The van der Waals surface area contributed by atoms with E-state index in [0.717, 1.165) is 47.9 Å². The summed E-state index contributed by atoms with van der Waals surface area (Å²) in [6, 6.07) is 8.20. The summed E-state index contributed by atoms with van der Waals surface area (Å²) in [6.07, 6.45) is 2.14. The van der Waals surface area contributed by atoms with Crippen LogP contribution in [0.15, 0.2) is 24.3 Å². The van der Waals surface area contributed by atoms with E-state index >= 15 is 0 Å². The molecule has 0 bridgehead atoms. The molecule has 2 aromatic carbocycles. The lowest BCUT2D eigenvalue weighted by atomic mass is 9.75. The van der Waals surface area contributed by atoms with E-state index in [1.165, 1.54) is 6.42 Å². The lowest BCUT2D eigenvalue weighted by Crippen LogP contribution is -2.48. The maximum atomic E-state index is 6.71. The Bertz CT molecular complexity index is 999. The van der Waals surface area contributed by atoms with Gasteiger partial charge in [0.05, 0.1) is 21.3 Å². The fourth-order valence-electron chi connectivity index (χ4n) is 5.59. The highest BCUT2D eigenvalue weighted by atomic mass is 16.7. The van der Waals surface area contributed by atoms with Crippen LogP contribution in [0, 0.1) is 11.8 Å². The SMILES string of the molecule is CCC1C(c2cc(OC)c(OC)c(OC)c2)c2cc3c(cc2OC1N1CCC(C)C1)OCO3. The lowest BCUT2D eigenvalue weighted by Gasteiger charge is -2.43. The minimum atomic E-state index is -0.0167. The minimum absolute atomic E-state index is 0.0167. The third-order valence-electron chi connectivity index (χ3n) is 7.21. The van der Waals surface area contributed by atoms with Crippen molar-refractivity contribution in [3.05, 3.63) is 35.4 Å². The first kappa shape index (κ1) is 22.0. The molecule has 3 aliphatic heterocycles. The third kappa shape index (κ3) is 3.72. The number of rotatable bonds is 6. The average Bonchev–Trinajstić information content (AvgIpc) is 3.48. The fourth-order valence-corrected chi connectivity index (χ4v) is 5.59. The van der Waals surface area contributed by atoms with Crippen LogP contribution < -0.4 is 28.4 Å². The summed E-state index contributed by atoms with van der Waals surface area (Å²) < 4.78 is 35.1. The van der Waals surface area contributed by atoms with Crippen LogP contribution in [0.25, 0.3) is 0 Å². The topological polar surface area (TPSA) is 58.6 Å². The van der Waals surface area contributed by atoms with Gasteiger partial charge < -0.3 is 28.4 Å². The lowest BCUT2D eigenvalue weighted by molar-refractivity contribution is -0.0273. The van der Waals surface area contributed by atoms with Gasteiger partial charge in [-0.1, -0.05) is 13.8 Å². The van der Waals surface area contributed by atoms with E-state index in [2.05, 4.69) is 36.9 Å². The zero-order valence-electron chi connectivity index (χ0n) is 20.1. The van der Waals surface area contributed by atoms with Crippen LogP contribution >= 0.6 is 0 Å². The van der Waals surface area contributed by atoms with Crippen molar-refractivity contribution in [2.45, 2.75) is 38.8 Å². The molecule has 178 valence electrons. The third-order valence-corrected chi connectivity index (χ3v) is 7.21. The van der Waals surface area contributed by atoms with Crippen molar-refractivity contribution in [1.82, 2.24) is 4.90 Å². The van der Waals surface area contributed by atoms with Crippen molar-refractivity contribution in [2.75, 3.05) is 41.2 Å². The Kier molecular flexibility index (Phi) is 5.91. The summed E-state index contributed by atoms with van der Waals surface area (Å²) in [4.78, 5) is 2.50. The van der Waals surface area contributed by atoms with Crippen LogP contribution in [0.1, 0.15) is 43.7 Å². The second-order valence-electron chi connectivity index (χ2n) is 9.15. The minimum Gasteiger partial charge on any atom is -0.493 e. The molecule has 1 fully saturated rings. The number of fused-ring (bicyclic) bond motifs is 2. The molecule has 0 aromatic heterocycles. The number of nitrogens with zero attached hydrogens (tertiary/aromatic N) is 1. The van der Waals surface area contributed by atoms with Gasteiger partial charge in [0, 0.05) is 36.6 Å². The zero-order valence-corrected chi connectivity index (χ0v) is 20.1. The molecule has 0 N–H and O–H groups in total. The highest BCUT2D eigenvalue weighted by Gasteiger charge is 2.44. The molecule has 7 nitrogen and oxygen atoms in total. The van der Waals surface area contributed by atoms with Crippen molar-refractivity contribution in [3.63, 3.8) is 0 Å². The Balaban J connectivity index is 1.67. The maximum absolute atomic E-state index is 6.71. The van der Waals surface area contributed by atoms with Crippen LogP contribution in [-0.2, 0) is 0 Å². The van der Waals surface area contributed by atoms with Gasteiger partial charge in [-0.3, -0.25) is 4.90 Å². The van der Waals surface area contributed by atoms with Crippen molar-refractivity contribution in [1.29, 1.82) is 0 Å². The summed E-state index contributed by atoms with van der Waals surface area (Å²) in [5.74, 6) is 5.24. The van der Waals surface area contributed by atoms with Crippen LogP contribution in [0.4, 0.5) is 0 Å². The van der Waals surface area contributed by atoms with Gasteiger partial charge >= 0.3 is 0 Å². The number of methoxy groups -OCH3 is 3. The highest BCUT2D eigenvalue weighted by Crippen LogP contribution is 2.53. The van der Waals surface area contributed by atoms with Gasteiger partial charge in [0.25, 0.3) is 0 Å². The predicted octanol–water partition coefficient (Wildman–Crippen LogP) is 4.66. The monoisotopic (exact) mass is 455 g/mol. The van der Waals surface area contributed by atoms with Gasteiger partial charge in [-0.15, -0.1) is 0 Å². The number of hydrogen-bond donors (Lipinski definition) is 0. The fraction of sp³-hybridized carbons (Fsp3) is 0.538. The van der Waals surface area contributed by atoms with Crippen molar-refractivity contribution in [3.8, 4) is 34.5 Å².